The van der Waals surface area contributed by atoms with Crippen LogP contribution in [0.5, 0.6) is 0 Å². The molecule has 6 aromatic rings. The lowest BCUT2D eigenvalue weighted by molar-refractivity contribution is 0.812. The molecule has 51 heavy (non-hydrogen) atoms. The lowest BCUT2D eigenvalue weighted by atomic mass is 9.34. The van der Waals surface area contributed by atoms with Crippen LogP contribution in [0.4, 0.5) is 17.1 Å². The normalized spacial score (nSPS) is 14.4. The van der Waals surface area contributed by atoms with E-state index in [0.717, 1.165) is 0 Å². The Morgan fingerprint density at radius 2 is 1.06 bits per heavy atom. The molecule has 4 heteroatoms. The first kappa shape index (κ1) is 33.9. The molecule has 0 fully saturated rings. The highest BCUT2D eigenvalue weighted by Crippen LogP contribution is 2.40. The summed E-state index contributed by atoms with van der Waals surface area (Å²) in [6.07, 6.45) is 0. The fourth-order valence-electron chi connectivity index (χ4n) is 8.54. The highest BCUT2D eigenvalue weighted by atomic mass is 32.2. The molecule has 1 nitrogen and oxygen atoms in total. The zero-order chi connectivity index (χ0) is 35.6. The van der Waals surface area contributed by atoms with Gasteiger partial charge in [-0.25, -0.2) is 0 Å². The number of hydrogen-bond acceptors (Lipinski definition) is 2. The summed E-state index contributed by atoms with van der Waals surface area (Å²) < 4.78 is 0. The summed E-state index contributed by atoms with van der Waals surface area (Å²) in [5.74, 6) is 1.37. The second-order valence-corrected chi connectivity index (χ2v) is 21.4. The fourth-order valence-corrected chi connectivity index (χ4v) is 12.7. The molecule has 6 aromatic carbocycles. The van der Waals surface area contributed by atoms with Crippen LogP contribution in [0.2, 0.25) is 13.1 Å². The van der Waals surface area contributed by atoms with E-state index >= 15 is 0 Å². The van der Waals surface area contributed by atoms with Crippen molar-refractivity contribution < 1.29 is 0 Å². The van der Waals surface area contributed by atoms with Crippen LogP contribution in [0.3, 0.4) is 0 Å². The SMILES string of the molecule is CC(C)c1cc(C(C)C)c(B2c3ccccc3Sc3cc(-c4ccc(N5c6ccccc6[Si](C)(C)c6ccccc65)cc4)ccc32)c(C(C)C)c1. The van der Waals surface area contributed by atoms with Crippen LogP contribution in [0.1, 0.15) is 76.0 Å². The first-order chi connectivity index (χ1) is 24.5. The molecule has 2 aliphatic heterocycles. The monoisotopic (exact) mass is 697 g/mol. The van der Waals surface area contributed by atoms with Crippen LogP contribution in [-0.2, 0) is 0 Å². The Labute approximate surface area is 311 Å². The van der Waals surface area contributed by atoms with Crippen molar-refractivity contribution >= 4 is 70.4 Å². The van der Waals surface area contributed by atoms with Crippen molar-refractivity contribution in [3.05, 3.63) is 144 Å². The first-order valence-electron chi connectivity index (χ1n) is 18.7. The topological polar surface area (TPSA) is 3.24 Å². The van der Waals surface area contributed by atoms with Crippen molar-refractivity contribution in [1.82, 2.24) is 0 Å². The number of anilines is 3. The Morgan fingerprint density at radius 1 is 0.529 bits per heavy atom. The number of hydrogen-bond donors (Lipinski definition) is 0. The molecule has 0 atom stereocenters. The van der Waals surface area contributed by atoms with Crippen molar-refractivity contribution in [3.63, 3.8) is 0 Å². The first-order valence-corrected chi connectivity index (χ1v) is 22.5. The van der Waals surface area contributed by atoms with Crippen LogP contribution in [0.25, 0.3) is 11.1 Å². The molecule has 8 rings (SSSR count). The molecule has 0 amide bonds. The Morgan fingerprint density at radius 3 is 1.65 bits per heavy atom. The van der Waals surface area contributed by atoms with Crippen molar-refractivity contribution in [2.24, 2.45) is 0 Å². The predicted octanol–water partition coefficient (Wildman–Crippen LogP) is 10.3. The number of nitrogens with zero attached hydrogens (tertiary/aromatic N) is 1. The van der Waals surface area contributed by atoms with E-state index in [1.807, 2.05) is 11.8 Å². The minimum atomic E-state index is -1.81. The standard InChI is InChI=1S/C47H48BNSSi/c1-30(2)35-27-37(31(3)4)47(38(28-35)32(5)6)48-39-15-9-12-18-43(39)50-44-29-34(23-26-40(44)48)33-21-24-36(25-22-33)49-41-16-10-13-19-45(41)51(7,8)46-20-14-11-17-42(46)49/h9-32H,1-8H3. The molecular formula is C47H48BNSSi. The molecule has 0 saturated heterocycles. The van der Waals surface area contributed by atoms with E-state index in [9.17, 15) is 0 Å². The average Bonchev–Trinajstić information content (AvgIpc) is 3.13. The third kappa shape index (κ3) is 5.72. The summed E-state index contributed by atoms with van der Waals surface area (Å²) in [5.41, 5.74) is 15.2. The molecule has 0 saturated carbocycles. The number of benzene rings is 6. The van der Waals surface area contributed by atoms with E-state index in [-0.39, 0.29) is 6.71 Å². The molecule has 2 heterocycles. The quantitative estimate of drug-likeness (QED) is 0.159. The van der Waals surface area contributed by atoms with Gasteiger partial charge in [0.1, 0.15) is 8.07 Å². The second kappa shape index (κ2) is 13.1. The minimum Gasteiger partial charge on any atom is -0.311 e. The van der Waals surface area contributed by atoms with Gasteiger partial charge in [-0.2, -0.15) is 0 Å². The summed E-state index contributed by atoms with van der Waals surface area (Å²) in [6, 6.07) is 48.7. The summed E-state index contributed by atoms with van der Waals surface area (Å²) in [7, 11) is -1.81. The van der Waals surface area contributed by atoms with E-state index in [1.165, 1.54) is 81.4 Å². The molecule has 254 valence electrons. The van der Waals surface area contributed by atoms with Crippen LogP contribution in [0, 0.1) is 0 Å². The summed E-state index contributed by atoms with van der Waals surface area (Å²) >= 11 is 1.93. The van der Waals surface area contributed by atoms with E-state index in [4.69, 9.17) is 0 Å². The summed E-state index contributed by atoms with van der Waals surface area (Å²) in [6.45, 7) is 19.3. The van der Waals surface area contributed by atoms with E-state index < -0.39 is 8.07 Å². The van der Waals surface area contributed by atoms with Crippen molar-refractivity contribution in [3.8, 4) is 11.1 Å². The average molecular weight is 698 g/mol. The Bertz CT molecular complexity index is 2190. The second-order valence-electron chi connectivity index (χ2n) is 15.9. The molecule has 0 unspecified atom stereocenters. The maximum Gasteiger partial charge on any atom is 0.244 e. The van der Waals surface area contributed by atoms with Crippen LogP contribution < -0.4 is 31.7 Å². The third-order valence-electron chi connectivity index (χ3n) is 11.3. The van der Waals surface area contributed by atoms with E-state index in [2.05, 4.69) is 187 Å². The lowest BCUT2D eigenvalue weighted by Crippen LogP contribution is -2.58. The number of rotatable bonds is 6. The molecule has 2 aliphatic rings. The third-order valence-corrected chi connectivity index (χ3v) is 16.0. The van der Waals surface area contributed by atoms with Crippen molar-refractivity contribution in [1.29, 1.82) is 0 Å². The zero-order valence-electron chi connectivity index (χ0n) is 31.3. The molecule has 0 bridgehead atoms. The van der Waals surface area contributed by atoms with Gasteiger partial charge in [0.25, 0.3) is 0 Å². The highest BCUT2D eigenvalue weighted by Gasteiger charge is 2.38. The summed E-state index contributed by atoms with van der Waals surface area (Å²) in [4.78, 5) is 5.21. The Kier molecular flexibility index (Phi) is 8.68. The molecule has 0 radical (unpaired) electrons. The lowest BCUT2D eigenvalue weighted by Gasteiger charge is -2.41. The molecule has 0 N–H and O–H groups in total. The smallest absolute Gasteiger partial charge is 0.244 e. The minimum absolute atomic E-state index is 0.205. The molecular weight excluding hydrogens is 649 g/mol. The highest BCUT2D eigenvalue weighted by molar-refractivity contribution is 8.00. The van der Waals surface area contributed by atoms with Gasteiger partial charge in [-0.3, -0.25) is 0 Å². The largest absolute Gasteiger partial charge is 0.311 e. The van der Waals surface area contributed by atoms with Gasteiger partial charge in [-0.1, -0.05) is 174 Å². The zero-order valence-corrected chi connectivity index (χ0v) is 33.1. The van der Waals surface area contributed by atoms with Gasteiger partial charge in [0.2, 0.25) is 6.71 Å². The van der Waals surface area contributed by atoms with Crippen molar-refractivity contribution in [2.45, 2.75) is 82.2 Å². The van der Waals surface area contributed by atoms with Gasteiger partial charge in [0, 0.05) is 26.9 Å². The number of para-hydroxylation sites is 2. The number of fused-ring (bicyclic) bond motifs is 4. The van der Waals surface area contributed by atoms with Crippen LogP contribution in [0.15, 0.2) is 137 Å². The maximum atomic E-state index is 2.51. The Hall–Kier alpha value is -4.25. The van der Waals surface area contributed by atoms with Crippen LogP contribution >= 0.6 is 11.8 Å². The predicted molar refractivity (Wildman–Crippen MR) is 227 cm³/mol. The van der Waals surface area contributed by atoms with Gasteiger partial charge in [0.15, 0.2) is 0 Å². The van der Waals surface area contributed by atoms with Gasteiger partial charge in [0.05, 0.1) is 0 Å². The van der Waals surface area contributed by atoms with Gasteiger partial charge >= 0.3 is 0 Å². The van der Waals surface area contributed by atoms with Crippen LogP contribution in [-0.4, -0.2) is 14.8 Å². The summed E-state index contributed by atoms with van der Waals surface area (Å²) in [5, 5.41) is 2.99. The van der Waals surface area contributed by atoms with Gasteiger partial charge in [-0.05, 0) is 92.3 Å². The van der Waals surface area contributed by atoms with Gasteiger partial charge < -0.3 is 4.90 Å². The fraction of sp³-hybridized carbons (Fsp3) is 0.234. The Balaban J connectivity index is 1.22. The molecule has 0 aliphatic carbocycles. The maximum absolute atomic E-state index is 2.51. The molecule has 0 aromatic heterocycles. The van der Waals surface area contributed by atoms with Crippen molar-refractivity contribution in [2.75, 3.05) is 4.90 Å². The van der Waals surface area contributed by atoms with E-state index in [0.29, 0.717) is 17.8 Å². The van der Waals surface area contributed by atoms with E-state index in [1.54, 1.807) is 0 Å². The van der Waals surface area contributed by atoms with Gasteiger partial charge in [-0.15, -0.1) is 0 Å². The molecule has 0 spiro atoms.